The maximum absolute atomic E-state index is 11.5. The summed E-state index contributed by atoms with van der Waals surface area (Å²) in [6.45, 7) is 6.77. The van der Waals surface area contributed by atoms with Crippen molar-refractivity contribution < 1.29 is 18.4 Å². The van der Waals surface area contributed by atoms with E-state index in [1.54, 1.807) is 12.1 Å². The fraction of sp³-hybridized carbons (Fsp3) is 0.438. The van der Waals surface area contributed by atoms with Gasteiger partial charge < -0.3 is 18.9 Å². The second kappa shape index (κ2) is 6.63. The highest BCUT2D eigenvalue weighted by atomic mass is 16.5. The number of furan rings is 2. The molecule has 0 spiro atoms. The van der Waals surface area contributed by atoms with Gasteiger partial charge in [-0.15, -0.1) is 0 Å². The summed E-state index contributed by atoms with van der Waals surface area (Å²) < 4.78 is 15.9. The average Bonchev–Trinajstić information content (AvgIpc) is 3.06. The molecule has 0 aliphatic carbocycles. The minimum atomic E-state index is -0.476. The van der Waals surface area contributed by atoms with Crippen LogP contribution in [0.4, 0.5) is 0 Å². The molecule has 0 aliphatic rings. The van der Waals surface area contributed by atoms with Crippen LogP contribution in [0.15, 0.2) is 27.0 Å². The number of rotatable bonds is 6. The summed E-state index contributed by atoms with van der Waals surface area (Å²) in [6, 6.07) is 5.27. The van der Waals surface area contributed by atoms with Crippen LogP contribution in [0, 0.1) is 13.8 Å². The third-order valence-corrected chi connectivity index (χ3v) is 3.29. The highest BCUT2D eigenvalue weighted by Crippen LogP contribution is 2.29. The zero-order chi connectivity index (χ0) is 15.4. The van der Waals surface area contributed by atoms with Crippen LogP contribution in [0.25, 0.3) is 0 Å². The summed E-state index contributed by atoms with van der Waals surface area (Å²) >= 11 is 0. The summed E-state index contributed by atoms with van der Waals surface area (Å²) in [7, 11) is 1.33. The first kappa shape index (κ1) is 15.4. The molecule has 0 bridgehead atoms. The number of methoxy groups -OCH3 is 1. The van der Waals surface area contributed by atoms with Crippen LogP contribution in [0.5, 0.6) is 0 Å². The van der Waals surface area contributed by atoms with Crippen LogP contribution >= 0.6 is 0 Å². The van der Waals surface area contributed by atoms with Crippen molar-refractivity contribution in [3.8, 4) is 0 Å². The van der Waals surface area contributed by atoms with E-state index in [1.165, 1.54) is 7.11 Å². The van der Waals surface area contributed by atoms with Crippen LogP contribution in [0.3, 0.4) is 0 Å². The Kier molecular flexibility index (Phi) is 4.85. The summed E-state index contributed by atoms with van der Waals surface area (Å²) in [5, 5.41) is 3.42. The quantitative estimate of drug-likeness (QED) is 0.827. The maximum Gasteiger partial charge on any atom is 0.373 e. The smallest absolute Gasteiger partial charge is 0.373 e. The van der Waals surface area contributed by atoms with E-state index in [2.05, 4.69) is 17.0 Å². The lowest BCUT2D eigenvalue weighted by molar-refractivity contribution is 0.0562. The van der Waals surface area contributed by atoms with Crippen molar-refractivity contribution in [1.82, 2.24) is 5.32 Å². The lowest BCUT2D eigenvalue weighted by Crippen LogP contribution is -2.23. The zero-order valence-corrected chi connectivity index (χ0v) is 12.9. The van der Waals surface area contributed by atoms with E-state index in [9.17, 15) is 4.79 Å². The molecule has 114 valence electrons. The van der Waals surface area contributed by atoms with E-state index in [0.717, 1.165) is 30.0 Å². The molecular formula is C16H21NO4. The van der Waals surface area contributed by atoms with Crippen molar-refractivity contribution in [2.75, 3.05) is 13.7 Å². The Labute approximate surface area is 124 Å². The zero-order valence-electron chi connectivity index (χ0n) is 12.9. The molecule has 0 fully saturated rings. The van der Waals surface area contributed by atoms with Gasteiger partial charge in [-0.25, -0.2) is 4.79 Å². The molecule has 0 aromatic carbocycles. The number of aryl methyl sites for hydroxylation is 2. The first-order valence-corrected chi connectivity index (χ1v) is 7.05. The Morgan fingerprint density at radius 3 is 2.67 bits per heavy atom. The molecule has 0 amide bonds. The van der Waals surface area contributed by atoms with E-state index >= 15 is 0 Å². The second-order valence-electron chi connectivity index (χ2n) is 4.95. The minimum Gasteiger partial charge on any atom is -0.466 e. The highest BCUT2D eigenvalue weighted by molar-refractivity contribution is 5.86. The summed E-state index contributed by atoms with van der Waals surface area (Å²) in [4.78, 5) is 11.5. The van der Waals surface area contributed by atoms with E-state index in [4.69, 9.17) is 8.83 Å². The van der Waals surface area contributed by atoms with Gasteiger partial charge in [0, 0.05) is 5.56 Å². The Morgan fingerprint density at radius 1 is 1.33 bits per heavy atom. The van der Waals surface area contributed by atoms with Crippen molar-refractivity contribution in [2.24, 2.45) is 0 Å². The van der Waals surface area contributed by atoms with Crippen LogP contribution in [0.2, 0.25) is 0 Å². The Balaban J connectivity index is 2.33. The predicted octanol–water partition coefficient (Wildman–Crippen LogP) is 3.37. The summed E-state index contributed by atoms with van der Waals surface area (Å²) in [6.07, 6.45) is 0.997. The molecule has 0 radical (unpaired) electrons. The summed E-state index contributed by atoms with van der Waals surface area (Å²) in [5.74, 6) is 2.10. The Morgan fingerprint density at radius 2 is 2.10 bits per heavy atom. The van der Waals surface area contributed by atoms with E-state index < -0.39 is 5.97 Å². The molecular weight excluding hydrogens is 270 g/mol. The number of ether oxygens (including phenoxy) is 1. The van der Waals surface area contributed by atoms with Gasteiger partial charge in [-0.2, -0.15) is 0 Å². The number of hydrogen-bond donors (Lipinski definition) is 1. The molecule has 0 aliphatic heterocycles. The van der Waals surface area contributed by atoms with Gasteiger partial charge in [0.2, 0.25) is 5.76 Å². The third-order valence-electron chi connectivity index (χ3n) is 3.29. The van der Waals surface area contributed by atoms with Crippen molar-refractivity contribution >= 4 is 5.97 Å². The lowest BCUT2D eigenvalue weighted by Gasteiger charge is -2.15. The first-order valence-electron chi connectivity index (χ1n) is 7.05. The molecule has 5 nitrogen and oxygen atoms in total. The molecule has 1 N–H and O–H groups in total. The van der Waals surface area contributed by atoms with Gasteiger partial charge in [-0.3, -0.25) is 0 Å². The van der Waals surface area contributed by atoms with Crippen LogP contribution < -0.4 is 5.32 Å². The molecule has 2 aromatic rings. The maximum atomic E-state index is 11.5. The van der Waals surface area contributed by atoms with E-state index in [1.807, 2.05) is 19.9 Å². The van der Waals surface area contributed by atoms with Gasteiger partial charge in [0.1, 0.15) is 17.3 Å². The fourth-order valence-corrected chi connectivity index (χ4v) is 2.31. The van der Waals surface area contributed by atoms with Crippen molar-refractivity contribution in [3.63, 3.8) is 0 Å². The second-order valence-corrected chi connectivity index (χ2v) is 4.95. The number of carbonyl (C=O) groups excluding carboxylic acids is 1. The van der Waals surface area contributed by atoms with Gasteiger partial charge in [-0.05, 0) is 45.0 Å². The fourth-order valence-electron chi connectivity index (χ4n) is 2.31. The van der Waals surface area contributed by atoms with Crippen LogP contribution in [0.1, 0.15) is 52.8 Å². The van der Waals surface area contributed by atoms with Crippen molar-refractivity contribution in [2.45, 2.75) is 33.2 Å². The van der Waals surface area contributed by atoms with Crippen molar-refractivity contribution in [3.05, 3.63) is 46.8 Å². The van der Waals surface area contributed by atoms with Gasteiger partial charge in [0.15, 0.2) is 0 Å². The average molecular weight is 291 g/mol. The van der Waals surface area contributed by atoms with Gasteiger partial charge in [0.25, 0.3) is 0 Å². The van der Waals surface area contributed by atoms with Crippen molar-refractivity contribution in [1.29, 1.82) is 0 Å². The number of hydrogen-bond acceptors (Lipinski definition) is 5. The Hall–Kier alpha value is -2.01. The molecule has 1 unspecified atom stereocenters. The molecule has 1 atom stereocenters. The monoisotopic (exact) mass is 291 g/mol. The molecule has 2 heterocycles. The third kappa shape index (κ3) is 3.36. The highest BCUT2D eigenvalue weighted by Gasteiger charge is 2.23. The van der Waals surface area contributed by atoms with Gasteiger partial charge in [-0.1, -0.05) is 6.92 Å². The van der Waals surface area contributed by atoms with Crippen LogP contribution in [-0.2, 0) is 4.74 Å². The molecule has 21 heavy (non-hydrogen) atoms. The first-order chi connectivity index (χ1) is 10.1. The summed E-state index contributed by atoms with van der Waals surface area (Å²) in [5.41, 5.74) is 1.02. The molecule has 2 aromatic heterocycles. The SMILES string of the molecule is CCCNC(c1ccc(C(=O)OC)o1)c1cc(C)oc1C. The predicted molar refractivity (Wildman–Crippen MR) is 78.4 cm³/mol. The normalized spacial score (nSPS) is 12.4. The number of carbonyl (C=O) groups is 1. The standard InChI is InChI=1S/C16H21NO4/c1-5-8-17-15(12-9-10(2)20-11(12)3)13-6-7-14(21-13)16(18)19-4/h6-7,9,15,17H,5,8H2,1-4H3. The number of esters is 1. The Bertz CT molecular complexity index is 612. The number of nitrogens with one attached hydrogen (secondary N) is 1. The van der Waals surface area contributed by atoms with Crippen LogP contribution in [-0.4, -0.2) is 19.6 Å². The van der Waals surface area contributed by atoms with E-state index in [0.29, 0.717) is 5.76 Å². The molecule has 5 heteroatoms. The largest absolute Gasteiger partial charge is 0.466 e. The lowest BCUT2D eigenvalue weighted by atomic mass is 10.0. The minimum absolute atomic E-state index is 0.138. The topological polar surface area (TPSA) is 64.6 Å². The van der Waals surface area contributed by atoms with E-state index in [-0.39, 0.29) is 11.8 Å². The molecule has 0 saturated heterocycles. The van der Waals surface area contributed by atoms with Gasteiger partial charge >= 0.3 is 5.97 Å². The molecule has 0 saturated carbocycles. The van der Waals surface area contributed by atoms with Gasteiger partial charge in [0.05, 0.1) is 13.2 Å². The molecule has 2 rings (SSSR count).